The van der Waals surface area contributed by atoms with Crippen LogP contribution in [-0.2, 0) is 13.0 Å². The largest absolute Gasteiger partial charge is 0.399 e. The number of hydrogen-bond donors (Lipinski definition) is 3. The number of aliphatic hydroxyl groups excluding tert-OH is 1. The van der Waals surface area contributed by atoms with Gasteiger partial charge in [-0.25, -0.2) is 0 Å². The Bertz CT molecular complexity index is 312. The summed E-state index contributed by atoms with van der Waals surface area (Å²) in [5.74, 6) is 0. The number of nitrogen functional groups attached to an aromatic ring is 1. The van der Waals surface area contributed by atoms with Gasteiger partial charge in [-0.2, -0.15) is 0 Å². The van der Waals surface area contributed by atoms with Crippen molar-refractivity contribution >= 4 is 5.69 Å². The zero-order valence-corrected chi connectivity index (χ0v) is 7.46. The van der Waals surface area contributed by atoms with Gasteiger partial charge in [0.05, 0.1) is 6.10 Å². The van der Waals surface area contributed by atoms with Gasteiger partial charge in [0.1, 0.15) is 0 Å². The van der Waals surface area contributed by atoms with Crippen LogP contribution in [0.4, 0.5) is 5.69 Å². The minimum Gasteiger partial charge on any atom is -0.399 e. The first-order valence-electron chi connectivity index (χ1n) is 4.52. The predicted octanol–water partition coefficient (Wildman–Crippen LogP) is 0.275. The Hall–Kier alpha value is -1.06. The van der Waals surface area contributed by atoms with E-state index in [0.29, 0.717) is 6.54 Å². The summed E-state index contributed by atoms with van der Waals surface area (Å²) >= 11 is 0. The topological polar surface area (TPSA) is 58.3 Å². The van der Waals surface area contributed by atoms with Crippen LogP contribution >= 0.6 is 0 Å². The number of nitrogens with one attached hydrogen (secondary N) is 1. The Balaban J connectivity index is 2.34. The molecule has 1 aliphatic rings. The van der Waals surface area contributed by atoms with E-state index in [9.17, 15) is 5.11 Å². The highest BCUT2D eigenvalue weighted by Crippen LogP contribution is 2.17. The van der Waals surface area contributed by atoms with Crippen molar-refractivity contribution in [2.24, 2.45) is 0 Å². The Morgan fingerprint density at radius 3 is 3.08 bits per heavy atom. The van der Waals surface area contributed by atoms with E-state index in [1.165, 1.54) is 11.1 Å². The van der Waals surface area contributed by atoms with Crippen LogP contribution in [0.2, 0.25) is 0 Å². The van der Waals surface area contributed by atoms with Crippen LogP contribution in [0, 0.1) is 0 Å². The second kappa shape index (κ2) is 3.36. The molecule has 13 heavy (non-hydrogen) atoms. The first-order chi connectivity index (χ1) is 6.25. The number of β-amino-alcohol motifs (C(OH)–C–C–N with tert-alkyl or cyclic N) is 1. The molecule has 1 unspecified atom stereocenters. The highest BCUT2D eigenvalue weighted by atomic mass is 16.3. The first kappa shape index (κ1) is 8.53. The highest BCUT2D eigenvalue weighted by Gasteiger charge is 2.13. The molecule has 0 aromatic heterocycles. The van der Waals surface area contributed by atoms with Crippen LogP contribution in [0.25, 0.3) is 0 Å². The minimum absolute atomic E-state index is 0.273. The molecule has 2 rings (SSSR count). The van der Waals surface area contributed by atoms with Crippen molar-refractivity contribution < 1.29 is 5.11 Å². The third kappa shape index (κ3) is 1.82. The summed E-state index contributed by atoms with van der Waals surface area (Å²) in [6.07, 6.45) is 0.452. The van der Waals surface area contributed by atoms with Crippen molar-refractivity contribution in [3.8, 4) is 0 Å². The molecule has 1 aromatic carbocycles. The van der Waals surface area contributed by atoms with Crippen LogP contribution < -0.4 is 11.1 Å². The van der Waals surface area contributed by atoms with Crippen LogP contribution in [-0.4, -0.2) is 17.8 Å². The Labute approximate surface area is 77.6 Å². The van der Waals surface area contributed by atoms with Gasteiger partial charge in [0, 0.05) is 18.8 Å². The first-order valence-corrected chi connectivity index (χ1v) is 4.52. The van der Waals surface area contributed by atoms with E-state index < -0.39 is 0 Å². The summed E-state index contributed by atoms with van der Waals surface area (Å²) in [5.41, 5.74) is 8.87. The fourth-order valence-corrected chi connectivity index (χ4v) is 1.71. The van der Waals surface area contributed by atoms with E-state index in [0.717, 1.165) is 18.7 Å². The van der Waals surface area contributed by atoms with Crippen molar-refractivity contribution in [3.05, 3.63) is 29.3 Å². The lowest BCUT2D eigenvalue weighted by molar-refractivity contribution is 0.175. The van der Waals surface area contributed by atoms with Gasteiger partial charge < -0.3 is 16.2 Å². The van der Waals surface area contributed by atoms with Crippen LogP contribution in [0.3, 0.4) is 0 Å². The average molecular weight is 178 g/mol. The molecule has 1 aliphatic heterocycles. The molecular weight excluding hydrogens is 164 g/mol. The van der Waals surface area contributed by atoms with Crippen LogP contribution in [0.5, 0.6) is 0 Å². The molecule has 0 fully saturated rings. The van der Waals surface area contributed by atoms with Crippen LogP contribution in [0.1, 0.15) is 11.1 Å². The quantitative estimate of drug-likeness (QED) is 0.500. The zero-order valence-electron chi connectivity index (χ0n) is 7.46. The summed E-state index contributed by atoms with van der Waals surface area (Å²) in [6.45, 7) is 1.46. The molecule has 1 aromatic rings. The Morgan fingerprint density at radius 2 is 2.23 bits per heavy atom. The molecule has 1 heterocycles. The molecule has 0 saturated heterocycles. The molecule has 0 spiro atoms. The van der Waals surface area contributed by atoms with Crippen molar-refractivity contribution in [1.29, 1.82) is 0 Å². The average Bonchev–Trinajstić information content (AvgIpc) is 2.25. The number of hydrogen-bond acceptors (Lipinski definition) is 3. The van der Waals surface area contributed by atoms with Gasteiger partial charge in [-0.3, -0.25) is 0 Å². The molecule has 3 nitrogen and oxygen atoms in total. The maximum Gasteiger partial charge on any atom is 0.0705 e. The molecule has 3 heteroatoms. The molecule has 0 amide bonds. The van der Waals surface area contributed by atoms with Gasteiger partial charge in [0.25, 0.3) is 0 Å². The van der Waals surface area contributed by atoms with Crippen molar-refractivity contribution in [3.63, 3.8) is 0 Å². The molecule has 4 N–H and O–H groups in total. The maximum absolute atomic E-state index is 9.51. The third-order valence-electron chi connectivity index (χ3n) is 2.38. The lowest BCUT2D eigenvalue weighted by Crippen LogP contribution is -2.24. The molecule has 0 radical (unpaired) electrons. The number of benzene rings is 1. The summed E-state index contributed by atoms with van der Waals surface area (Å²) in [7, 11) is 0. The molecule has 1 atom stereocenters. The summed E-state index contributed by atoms with van der Waals surface area (Å²) in [6, 6.07) is 5.86. The summed E-state index contributed by atoms with van der Waals surface area (Å²) in [4.78, 5) is 0. The number of fused-ring (bicyclic) bond motifs is 1. The Kier molecular flexibility index (Phi) is 2.20. The van der Waals surface area contributed by atoms with E-state index in [2.05, 4.69) is 5.32 Å². The van der Waals surface area contributed by atoms with Crippen molar-refractivity contribution in [2.75, 3.05) is 12.3 Å². The lowest BCUT2D eigenvalue weighted by Gasteiger charge is -2.07. The molecule has 0 saturated carbocycles. The van der Waals surface area contributed by atoms with E-state index >= 15 is 0 Å². The van der Waals surface area contributed by atoms with E-state index in [1.807, 2.05) is 18.2 Å². The number of rotatable bonds is 0. The second-order valence-corrected chi connectivity index (χ2v) is 3.52. The standard InChI is InChI=1S/C10H14N2O/c11-9-2-1-7-4-10(13)6-12-5-8(7)3-9/h1-3,10,12-13H,4-6,11H2. The van der Waals surface area contributed by atoms with Crippen molar-refractivity contribution in [1.82, 2.24) is 5.32 Å². The fourth-order valence-electron chi connectivity index (χ4n) is 1.71. The molecular formula is C10H14N2O. The fraction of sp³-hybridized carbons (Fsp3) is 0.400. The van der Waals surface area contributed by atoms with E-state index in [4.69, 9.17) is 5.73 Å². The maximum atomic E-state index is 9.51. The lowest BCUT2D eigenvalue weighted by atomic mass is 10.0. The summed E-state index contributed by atoms with van der Waals surface area (Å²) < 4.78 is 0. The van der Waals surface area contributed by atoms with Gasteiger partial charge in [-0.15, -0.1) is 0 Å². The third-order valence-corrected chi connectivity index (χ3v) is 2.38. The number of aliphatic hydroxyl groups is 1. The van der Waals surface area contributed by atoms with E-state index in [-0.39, 0.29) is 6.10 Å². The van der Waals surface area contributed by atoms with Gasteiger partial charge in [-0.05, 0) is 29.7 Å². The number of nitrogens with two attached hydrogens (primary N) is 1. The Morgan fingerprint density at radius 1 is 1.38 bits per heavy atom. The van der Waals surface area contributed by atoms with Gasteiger partial charge in [0.2, 0.25) is 0 Å². The second-order valence-electron chi connectivity index (χ2n) is 3.52. The van der Waals surface area contributed by atoms with Crippen LogP contribution in [0.15, 0.2) is 18.2 Å². The zero-order chi connectivity index (χ0) is 9.26. The normalized spacial score (nSPS) is 22.1. The van der Waals surface area contributed by atoms with Gasteiger partial charge >= 0.3 is 0 Å². The van der Waals surface area contributed by atoms with Gasteiger partial charge in [0.15, 0.2) is 0 Å². The molecule has 70 valence electrons. The highest BCUT2D eigenvalue weighted by molar-refractivity contribution is 5.45. The smallest absolute Gasteiger partial charge is 0.0705 e. The molecule has 0 bridgehead atoms. The summed E-state index contributed by atoms with van der Waals surface area (Å²) in [5, 5.41) is 12.7. The minimum atomic E-state index is -0.273. The van der Waals surface area contributed by atoms with Crippen molar-refractivity contribution in [2.45, 2.75) is 19.1 Å². The predicted molar refractivity (Wildman–Crippen MR) is 52.3 cm³/mol. The van der Waals surface area contributed by atoms with E-state index in [1.54, 1.807) is 0 Å². The molecule has 0 aliphatic carbocycles. The number of anilines is 1. The monoisotopic (exact) mass is 178 g/mol. The van der Waals surface area contributed by atoms with Gasteiger partial charge in [-0.1, -0.05) is 6.07 Å². The SMILES string of the molecule is Nc1ccc2c(c1)CNCC(O)C2.